The van der Waals surface area contributed by atoms with E-state index < -0.39 is 0 Å². The normalized spacial score (nSPS) is 13.3. The Labute approximate surface area is 239 Å². The van der Waals surface area contributed by atoms with Crippen molar-refractivity contribution in [3.05, 3.63) is 82.6 Å². The van der Waals surface area contributed by atoms with Crippen molar-refractivity contribution in [2.24, 2.45) is 0 Å². The summed E-state index contributed by atoms with van der Waals surface area (Å²) in [4.78, 5) is 7.21. The number of aromatic nitrogens is 2. The van der Waals surface area contributed by atoms with Crippen molar-refractivity contribution in [2.75, 3.05) is 20.7 Å². The van der Waals surface area contributed by atoms with E-state index in [4.69, 9.17) is 40.3 Å². The van der Waals surface area contributed by atoms with Gasteiger partial charge in [0.2, 0.25) is 13.6 Å². The van der Waals surface area contributed by atoms with Gasteiger partial charge in [-0.3, -0.25) is 4.90 Å². The highest BCUT2D eigenvalue weighted by atomic mass is 35.5. The number of rotatable bonds is 11. The molecule has 40 heavy (non-hydrogen) atoms. The van der Waals surface area contributed by atoms with Gasteiger partial charge in [-0.15, -0.1) is 0 Å². The summed E-state index contributed by atoms with van der Waals surface area (Å²) >= 11 is 6.91. The van der Waals surface area contributed by atoms with Crippen LogP contribution in [0.3, 0.4) is 0 Å². The molecular formula is C31H32ClN3O5. The molecule has 208 valence electrons. The smallest absolute Gasteiger partial charge is 0.231 e. The molecule has 0 N–H and O–H groups in total. The van der Waals surface area contributed by atoms with Gasteiger partial charge in [-0.1, -0.05) is 49.2 Å². The Morgan fingerprint density at radius 2 is 1.48 bits per heavy atom. The summed E-state index contributed by atoms with van der Waals surface area (Å²) in [5.74, 6) is 4.67. The van der Waals surface area contributed by atoms with E-state index in [1.807, 2.05) is 48.5 Å². The summed E-state index contributed by atoms with van der Waals surface area (Å²) in [7, 11) is 1.68. The Kier molecular flexibility index (Phi) is 7.71. The molecule has 0 atom stereocenters. The van der Waals surface area contributed by atoms with Crippen molar-refractivity contribution in [1.29, 1.82) is 0 Å². The third kappa shape index (κ3) is 5.42. The van der Waals surface area contributed by atoms with Gasteiger partial charge in [0.05, 0.1) is 18.4 Å². The van der Waals surface area contributed by atoms with E-state index in [0.717, 1.165) is 76.3 Å². The monoisotopic (exact) mass is 561 g/mol. The van der Waals surface area contributed by atoms with Gasteiger partial charge in [-0.05, 0) is 53.9 Å². The van der Waals surface area contributed by atoms with Crippen LogP contribution in [0.2, 0.25) is 5.15 Å². The molecule has 3 heterocycles. The van der Waals surface area contributed by atoms with E-state index in [1.165, 1.54) is 0 Å². The summed E-state index contributed by atoms with van der Waals surface area (Å²) < 4.78 is 30.3. The number of unbranched alkanes of at least 4 members (excludes halogenated alkanes) is 1. The standard InChI is InChI=1S/C31H32ClN3O5/c1-3-4-13-35-24(30(32)33-31(35)23-7-5-6-8-25(23)36-2)18-34(16-21-9-11-26-28(14-21)39-19-37-26)17-22-10-12-27-29(15-22)40-20-38-27/h5-12,14-15H,3-4,13,16-20H2,1-2H3. The van der Waals surface area contributed by atoms with E-state index in [2.05, 4.69) is 28.5 Å². The molecular weight excluding hydrogens is 530 g/mol. The first-order chi connectivity index (χ1) is 19.6. The van der Waals surface area contributed by atoms with Crippen LogP contribution in [-0.4, -0.2) is 35.1 Å². The van der Waals surface area contributed by atoms with Gasteiger partial charge < -0.3 is 28.3 Å². The molecule has 8 nitrogen and oxygen atoms in total. The third-order valence-corrected chi connectivity index (χ3v) is 7.47. The first kappa shape index (κ1) is 26.3. The zero-order valence-corrected chi connectivity index (χ0v) is 23.4. The minimum atomic E-state index is 0.248. The molecule has 0 unspecified atom stereocenters. The lowest BCUT2D eigenvalue weighted by Gasteiger charge is -2.24. The lowest BCUT2D eigenvalue weighted by atomic mass is 10.1. The molecule has 3 aromatic carbocycles. The van der Waals surface area contributed by atoms with E-state index >= 15 is 0 Å². The van der Waals surface area contributed by atoms with Crippen LogP contribution in [0, 0.1) is 0 Å². The maximum Gasteiger partial charge on any atom is 0.231 e. The van der Waals surface area contributed by atoms with Crippen LogP contribution in [-0.2, 0) is 26.2 Å². The van der Waals surface area contributed by atoms with Crippen molar-refractivity contribution in [2.45, 2.75) is 45.9 Å². The number of imidazole rings is 1. The minimum Gasteiger partial charge on any atom is -0.496 e. The van der Waals surface area contributed by atoms with Crippen molar-refractivity contribution in [3.8, 4) is 40.1 Å². The Bertz CT molecular complexity index is 1450. The van der Waals surface area contributed by atoms with Gasteiger partial charge in [-0.2, -0.15) is 0 Å². The number of methoxy groups -OCH3 is 1. The maximum absolute atomic E-state index is 6.91. The van der Waals surface area contributed by atoms with Crippen LogP contribution < -0.4 is 23.7 Å². The molecule has 0 saturated carbocycles. The molecule has 0 radical (unpaired) electrons. The fraction of sp³-hybridized carbons (Fsp3) is 0.323. The van der Waals surface area contributed by atoms with Gasteiger partial charge in [0.15, 0.2) is 28.2 Å². The van der Waals surface area contributed by atoms with Crippen molar-refractivity contribution < 1.29 is 23.7 Å². The summed E-state index contributed by atoms with van der Waals surface area (Å²) in [6.07, 6.45) is 2.06. The molecule has 9 heteroatoms. The van der Waals surface area contributed by atoms with Crippen LogP contribution >= 0.6 is 11.6 Å². The molecule has 0 aliphatic carbocycles. The summed E-state index contributed by atoms with van der Waals surface area (Å²) in [5.41, 5.74) is 4.13. The molecule has 4 aromatic rings. The van der Waals surface area contributed by atoms with E-state index in [9.17, 15) is 0 Å². The van der Waals surface area contributed by atoms with Crippen molar-refractivity contribution in [1.82, 2.24) is 14.5 Å². The molecule has 0 amide bonds. The van der Waals surface area contributed by atoms with Crippen molar-refractivity contribution in [3.63, 3.8) is 0 Å². The Balaban J connectivity index is 1.36. The van der Waals surface area contributed by atoms with E-state index in [1.54, 1.807) is 7.11 Å². The number of fused-ring (bicyclic) bond motifs is 2. The molecule has 2 aliphatic heterocycles. The zero-order chi connectivity index (χ0) is 27.5. The van der Waals surface area contributed by atoms with Gasteiger partial charge in [0, 0.05) is 26.2 Å². The second-order valence-corrected chi connectivity index (χ2v) is 10.3. The predicted molar refractivity (Wildman–Crippen MR) is 152 cm³/mol. The van der Waals surface area contributed by atoms with Crippen LogP contribution in [0.5, 0.6) is 28.7 Å². The average molecular weight is 562 g/mol. The van der Waals surface area contributed by atoms with E-state index in [-0.39, 0.29) is 13.6 Å². The summed E-state index contributed by atoms with van der Waals surface area (Å²) in [5, 5.41) is 0.499. The van der Waals surface area contributed by atoms with Crippen LogP contribution in [0.4, 0.5) is 0 Å². The number of para-hydroxylation sites is 1. The van der Waals surface area contributed by atoms with Crippen LogP contribution in [0.1, 0.15) is 36.6 Å². The summed E-state index contributed by atoms with van der Waals surface area (Å²) in [6, 6.07) is 20.1. The number of benzene rings is 3. The van der Waals surface area contributed by atoms with Crippen molar-refractivity contribution >= 4 is 11.6 Å². The lowest BCUT2D eigenvalue weighted by Crippen LogP contribution is -2.24. The number of nitrogens with zero attached hydrogens (tertiary/aromatic N) is 3. The van der Waals surface area contributed by atoms with Gasteiger partial charge in [0.25, 0.3) is 0 Å². The minimum absolute atomic E-state index is 0.248. The number of hydrogen-bond donors (Lipinski definition) is 0. The first-order valence-corrected chi connectivity index (χ1v) is 13.9. The fourth-order valence-electron chi connectivity index (χ4n) is 5.17. The van der Waals surface area contributed by atoms with Gasteiger partial charge in [-0.25, -0.2) is 4.98 Å². The topological polar surface area (TPSA) is 67.2 Å². The lowest BCUT2D eigenvalue weighted by molar-refractivity contribution is 0.173. The van der Waals surface area contributed by atoms with Crippen LogP contribution in [0.15, 0.2) is 60.7 Å². The zero-order valence-electron chi connectivity index (χ0n) is 22.7. The highest BCUT2D eigenvalue weighted by Gasteiger charge is 2.23. The van der Waals surface area contributed by atoms with Crippen LogP contribution in [0.25, 0.3) is 11.4 Å². The molecule has 0 fully saturated rings. The number of halogens is 1. The third-order valence-electron chi connectivity index (χ3n) is 7.17. The first-order valence-electron chi connectivity index (χ1n) is 13.5. The van der Waals surface area contributed by atoms with Gasteiger partial charge in [0.1, 0.15) is 11.6 Å². The predicted octanol–water partition coefficient (Wildman–Crippen LogP) is 6.67. The number of hydrogen-bond acceptors (Lipinski definition) is 7. The maximum atomic E-state index is 6.91. The highest BCUT2D eigenvalue weighted by Crippen LogP contribution is 2.36. The second-order valence-electron chi connectivity index (χ2n) is 9.90. The quantitative estimate of drug-likeness (QED) is 0.202. The van der Waals surface area contributed by atoms with E-state index in [0.29, 0.717) is 24.8 Å². The molecule has 6 rings (SSSR count). The average Bonchev–Trinajstić information content (AvgIpc) is 3.71. The molecule has 0 saturated heterocycles. The summed E-state index contributed by atoms with van der Waals surface area (Å²) in [6.45, 7) is 5.42. The molecule has 0 spiro atoms. The molecule has 0 bridgehead atoms. The molecule has 1 aromatic heterocycles. The highest BCUT2D eigenvalue weighted by molar-refractivity contribution is 6.30. The fourth-order valence-corrected chi connectivity index (χ4v) is 5.42. The van der Waals surface area contributed by atoms with Gasteiger partial charge >= 0.3 is 0 Å². The second kappa shape index (κ2) is 11.7. The Hall–Kier alpha value is -3.88. The SMILES string of the molecule is CCCCn1c(-c2ccccc2OC)nc(Cl)c1CN(Cc1ccc2c(c1)OCO2)Cc1ccc2c(c1)OCO2. The number of ether oxygens (including phenoxy) is 5. The largest absolute Gasteiger partial charge is 0.496 e. The molecule has 2 aliphatic rings. The Morgan fingerprint density at radius 1 is 0.850 bits per heavy atom. The Morgan fingerprint density at radius 3 is 2.10 bits per heavy atom.